The molecule has 1 aromatic carbocycles. The van der Waals surface area contributed by atoms with Crippen LogP contribution in [0.1, 0.15) is 21.9 Å². The van der Waals surface area contributed by atoms with Crippen molar-refractivity contribution in [3.05, 3.63) is 53.0 Å². The second kappa shape index (κ2) is 8.15. The normalized spacial score (nSPS) is 10.6. The third-order valence-corrected chi connectivity index (χ3v) is 4.42. The Bertz CT molecular complexity index is 791. The van der Waals surface area contributed by atoms with Gasteiger partial charge in [-0.25, -0.2) is 13.6 Å². The van der Waals surface area contributed by atoms with E-state index in [-0.39, 0.29) is 18.2 Å². The van der Waals surface area contributed by atoms with Crippen LogP contribution in [-0.4, -0.2) is 36.7 Å². The largest absolute Gasteiger partial charge is 0.465 e. The highest BCUT2D eigenvalue weighted by molar-refractivity contribution is 8.00. The van der Waals surface area contributed by atoms with E-state index in [2.05, 4.69) is 4.74 Å². The number of aryl methyl sites for hydroxylation is 1. The monoisotopic (exact) mass is 369 g/mol. The van der Waals surface area contributed by atoms with Gasteiger partial charge in [0.15, 0.2) is 11.6 Å². The summed E-state index contributed by atoms with van der Waals surface area (Å²) < 4.78 is 36.1. The molecule has 1 amide bonds. The van der Waals surface area contributed by atoms with Gasteiger partial charge in [0.1, 0.15) is 17.1 Å². The van der Waals surface area contributed by atoms with Gasteiger partial charge in [-0.2, -0.15) is 0 Å². The van der Waals surface area contributed by atoms with Crippen LogP contribution >= 0.6 is 11.8 Å². The van der Waals surface area contributed by atoms with Gasteiger partial charge >= 0.3 is 5.97 Å². The zero-order valence-electron chi connectivity index (χ0n) is 14.0. The number of benzene rings is 1. The number of rotatable bonds is 6. The lowest BCUT2D eigenvalue weighted by Gasteiger charge is -2.15. The number of methoxy groups -OCH3 is 1. The van der Waals surface area contributed by atoms with Crippen molar-refractivity contribution in [2.24, 2.45) is 0 Å². The van der Waals surface area contributed by atoms with Crippen molar-refractivity contribution in [1.82, 2.24) is 4.90 Å². The number of halogens is 2. The molecule has 0 unspecified atom stereocenters. The van der Waals surface area contributed by atoms with Gasteiger partial charge in [-0.3, -0.25) is 4.79 Å². The molecule has 2 rings (SSSR count). The number of carbonyl (C=O) groups excluding carboxylic acids is 2. The Balaban J connectivity index is 1.94. The maximum atomic E-state index is 13.2. The maximum Gasteiger partial charge on any atom is 0.341 e. The summed E-state index contributed by atoms with van der Waals surface area (Å²) in [6.45, 7) is 1.81. The summed E-state index contributed by atoms with van der Waals surface area (Å²) in [6.07, 6.45) is 0. The number of furan rings is 1. The Morgan fingerprint density at radius 3 is 2.60 bits per heavy atom. The molecule has 1 heterocycles. The first-order valence-electron chi connectivity index (χ1n) is 7.31. The number of hydrogen-bond acceptors (Lipinski definition) is 5. The molecule has 1 aromatic heterocycles. The van der Waals surface area contributed by atoms with Gasteiger partial charge in [0.05, 0.1) is 19.4 Å². The molecule has 0 atom stereocenters. The molecule has 0 aliphatic carbocycles. The molecule has 0 bridgehead atoms. The molecule has 0 aliphatic heterocycles. The van der Waals surface area contributed by atoms with E-state index < -0.39 is 17.6 Å². The number of hydrogen-bond donors (Lipinski definition) is 0. The van der Waals surface area contributed by atoms with E-state index in [1.807, 2.05) is 0 Å². The fourth-order valence-electron chi connectivity index (χ4n) is 2.08. The fraction of sp³-hybridized carbons (Fsp3) is 0.294. The van der Waals surface area contributed by atoms with E-state index >= 15 is 0 Å². The molecule has 0 aliphatic rings. The van der Waals surface area contributed by atoms with Crippen molar-refractivity contribution < 1.29 is 27.5 Å². The molecular weight excluding hydrogens is 352 g/mol. The van der Waals surface area contributed by atoms with Crippen LogP contribution in [0.5, 0.6) is 0 Å². The fourth-order valence-corrected chi connectivity index (χ4v) is 2.94. The molecule has 2 aromatic rings. The molecule has 5 nitrogen and oxygen atoms in total. The van der Waals surface area contributed by atoms with E-state index in [4.69, 9.17) is 4.42 Å². The van der Waals surface area contributed by atoms with Crippen LogP contribution < -0.4 is 0 Å². The average Bonchev–Trinajstić information content (AvgIpc) is 2.95. The van der Waals surface area contributed by atoms with Crippen LogP contribution in [0.15, 0.2) is 33.6 Å². The van der Waals surface area contributed by atoms with Gasteiger partial charge in [0.2, 0.25) is 5.91 Å². The van der Waals surface area contributed by atoms with Gasteiger partial charge in [0, 0.05) is 11.9 Å². The lowest BCUT2D eigenvalue weighted by atomic mass is 10.2. The van der Waals surface area contributed by atoms with Crippen molar-refractivity contribution in [3.8, 4) is 0 Å². The number of nitrogens with zero attached hydrogens (tertiary/aromatic N) is 1. The summed E-state index contributed by atoms with van der Waals surface area (Å²) in [6, 6.07) is 5.01. The maximum absolute atomic E-state index is 13.2. The number of esters is 1. The molecule has 0 N–H and O–H groups in total. The number of ether oxygens (including phenoxy) is 1. The Morgan fingerprint density at radius 2 is 1.96 bits per heavy atom. The average molecular weight is 369 g/mol. The number of amides is 1. The van der Waals surface area contributed by atoms with Crippen LogP contribution in [0.3, 0.4) is 0 Å². The molecule has 8 heteroatoms. The predicted molar refractivity (Wildman–Crippen MR) is 88.3 cm³/mol. The second-order valence-corrected chi connectivity index (χ2v) is 6.34. The first kappa shape index (κ1) is 19.0. The van der Waals surface area contributed by atoms with Gasteiger partial charge in [-0.15, -0.1) is 11.8 Å². The van der Waals surface area contributed by atoms with E-state index in [9.17, 15) is 18.4 Å². The van der Waals surface area contributed by atoms with Crippen molar-refractivity contribution in [3.63, 3.8) is 0 Å². The molecule has 0 spiro atoms. The van der Waals surface area contributed by atoms with Crippen molar-refractivity contribution in [2.75, 3.05) is 19.9 Å². The summed E-state index contributed by atoms with van der Waals surface area (Å²) in [5, 5.41) is 0. The van der Waals surface area contributed by atoms with Crippen LogP contribution in [0, 0.1) is 18.6 Å². The van der Waals surface area contributed by atoms with Gasteiger partial charge in [-0.05, 0) is 31.2 Å². The molecule has 0 saturated heterocycles. The quantitative estimate of drug-likeness (QED) is 0.577. The van der Waals surface area contributed by atoms with Crippen LogP contribution in [0.4, 0.5) is 8.78 Å². The first-order chi connectivity index (χ1) is 11.8. The van der Waals surface area contributed by atoms with E-state index in [1.165, 1.54) is 24.1 Å². The van der Waals surface area contributed by atoms with Crippen LogP contribution in [0.25, 0.3) is 0 Å². The smallest absolute Gasteiger partial charge is 0.341 e. The summed E-state index contributed by atoms with van der Waals surface area (Å²) in [5.74, 6) is -1.68. The Labute approximate surface area is 147 Å². The molecule has 134 valence electrons. The van der Waals surface area contributed by atoms with Crippen molar-refractivity contribution >= 4 is 23.6 Å². The molecule has 0 saturated carbocycles. The van der Waals surface area contributed by atoms with E-state index in [0.29, 0.717) is 22.0 Å². The zero-order valence-corrected chi connectivity index (χ0v) is 14.8. The minimum absolute atomic E-state index is 0.0606. The van der Waals surface area contributed by atoms with Crippen LogP contribution in [0.2, 0.25) is 0 Å². The number of thioether (sulfide) groups is 1. The molecule has 0 fully saturated rings. The topological polar surface area (TPSA) is 59.8 Å². The lowest BCUT2D eigenvalue weighted by Crippen LogP contribution is -2.27. The Morgan fingerprint density at radius 1 is 1.24 bits per heavy atom. The van der Waals surface area contributed by atoms with Gasteiger partial charge < -0.3 is 14.1 Å². The van der Waals surface area contributed by atoms with E-state index in [0.717, 1.165) is 23.9 Å². The first-order valence-corrected chi connectivity index (χ1v) is 8.29. The minimum atomic E-state index is -0.952. The highest BCUT2D eigenvalue weighted by atomic mass is 32.2. The number of carbonyl (C=O) groups is 2. The highest BCUT2D eigenvalue weighted by Crippen LogP contribution is 2.21. The third-order valence-electron chi connectivity index (χ3n) is 3.45. The minimum Gasteiger partial charge on any atom is -0.465 e. The summed E-state index contributed by atoms with van der Waals surface area (Å²) in [7, 11) is 2.86. The summed E-state index contributed by atoms with van der Waals surface area (Å²) in [5.41, 5.74) is 0.314. The van der Waals surface area contributed by atoms with E-state index in [1.54, 1.807) is 14.0 Å². The Kier molecular flexibility index (Phi) is 6.19. The predicted octanol–water partition coefficient (Wildman–Crippen LogP) is 3.40. The lowest BCUT2D eigenvalue weighted by molar-refractivity contribution is -0.127. The third kappa shape index (κ3) is 4.82. The second-order valence-electron chi connectivity index (χ2n) is 5.29. The summed E-state index contributed by atoms with van der Waals surface area (Å²) >= 11 is 1.10. The van der Waals surface area contributed by atoms with Crippen molar-refractivity contribution in [1.29, 1.82) is 0 Å². The molecule has 0 radical (unpaired) electrons. The molecular formula is C17H17F2NO4S. The van der Waals surface area contributed by atoms with Gasteiger partial charge in [-0.1, -0.05) is 0 Å². The van der Waals surface area contributed by atoms with Crippen molar-refractivity contribution in [2.45, 2.75) is 18.4 Å². The highest BCUT2D eigenvalue weighted by Gasteiger charge is 2.18. The Hall–Kier alpha value is -2.35. The van der Waals surface area contributed by atoms with Gasteiger partial charge in [0.25, 0.3) is 0 Å². The SMILES string of the molecule is COC(=O)c1cc(CN(C)C(=O)CSc2ccc(F)c(F)c2)oc1C. The summed E-state index contributed by atoms with van der Waals surface area (Å²) in [4.78, 5) is 25.6. The standard InChI is InChI=1S/C17H17F2NO4S/c1-10-13(17(22)23-3)6-11(24-10)8-20(2)16(21)9-25-12-4-5-14(18)15(19)7-12/h4-7H,8-9H2,1-3H3. The van der Waals surface area contributed by atoms with Crippen LogP contribution in [-0.2, 0) is 16.1 Å². The molecule has 25 heavy (non-hydrogen) atoms. The zero-order chi connectivity index (χ0) is 18.6.